The standard InChI is InChI=1S/C18H17NO2/c1-13-14(2)21-18(19-13)16-8-10-17(11-9-16)20-12-15-6-4-3-5-7-15/h3-11H,12H2,1-2H3. The Morgan fingerprint density at radius 3 is 2.29 bits per heavy atom. The lowest BCUT2D eigenvalue weighted by Crippen LogP contribution is -1.94. The molecule has 0 aliphatic carbocycles. The molecule has 0 saturated carbocycles. The summed E-state index contributed by atoms with van der Waals surface area (Å²) in [6, 6.07) is 17.9. The highest BCUT2D eigenvalue weighted by Gasteiger charge is 2.08. The molecule has 0 N–H and O–H groups in total. The van der Waals surface area contributed by atoms with Gasteiger partial charge in [-0.1, -0.05) is 30.3 Å². The lowest BCUT2D eigenvalue weighted by atomic mass is 10.2. The van der Waals surface area contributed by atoms with Gasteiger partial charge in [-0.3, -0.25) is 0 Å². The molecule has 0 aliphatic heterocycles. The number of oxazole rings is 1. The molecule has 1 heterocycles. The van der Waals surface area contributed by atoms with Gasteiger partial charge in [-0.15, -0.1) is 0 Å². The van der Waals surface area contributed by atoms with Crippen molar-refractivity contribution in [2.24, 2.45) is 0 Å². The van der Waals surface area contributed by atoms with Crippen molar-refractivity contribution in [1.82, 2.24) is 4.98 Å². The SMILES string of the molecule is Cc1nc(-c2ccc(OCc3ccccc3)cc2)oc1C. The van der Waals surface area contributed by atoms with Crippen molar-refractivity contribution in [3.8, 4) is 17.2 Å². The van der Waals surface area contributed by atoms with E-state index in [4.69, 9.17) is 9.15 Å². The third-order valence-electron chi connectivity index (χ3n) is 3.38. The van der Waals surface area contributed by atoms with Gasteiger partial charge in [0.1, 0.15) is 18.1 Å². The fourth-order valence-electron chi connectivity index (χ4n) is 2.03. The van der Waals surface area contributed by atoms with Crippen LogP contribution in [0.2, 0.25) is 0 Å². The second-order valence-electron chi connectivity index (χ2n) is 4.96. The van der Waals surface area contributed by atoms with E-state index in [1.165, 1.54) is 0 Å². The van der Waals surface area contributed by atoms with Gasteiger partial charge in [-0.05, 0) is 43.7 Å². The summed E-state index contributed by atoms with van der Waals surface area (Å²) >= 11 is 0. The van der Waals surface area contributed by atoms with Crippen molar-refractivity contribution in [1.29, 1.82) is 0 Å². The van der Waals surface area contributed by atoms with Gasteiger partial charge >= 0.3 is 0 Å². The van der Waals surface area contributed by atoms with Crippen LogP contribution < -0.4 is 4.74 Å². The van der Waals surface area contributed by atoms with E-state index >= 15 is 0 Å². The van der Waals surface area contributed by atoms with Gasteiger partial charge in [0.15, 0.2) is 0 Å². The largest absolute Gasteiger partial charge is 0.489 e. The highest BCUT2D eigenvalue weighted by atomic mass is 16.5. The molecule has 106 valence electrons. The van der Waals surface area contributed by atoms with E-state index in [0.717, 1.165) is 28.3 Å². The summed E-state index contributed by atoms with van der Waals surface area (Å²) in [6.45, 7) is 4.43. The Labute approximate surface area is 124 Å². The Hall–Kier alpha value is -2.55. The van der Waals surface area contributed by atoms with Crippen LogP contribution in [0.4, 0.5) is 0 Å². The molecule has 0 amide bonds. The number of nitrogens with zero attached hydrogens (tertiary/aromatic N) is 1. The van der Waals surface area contributed by atoms with Gasteiger partial charge in [-0.25, -0.2) is 4.98 Å². The Bertz CT molecular complexity index is 695. The molecule has 1 aromatic heterocycles. The van der Waals surface area contributed by atoms with Crippen LogP contribution in [-0.2, 0) is 6.61 Å². The van der Waals surface area contributed by atoms with E-state index in [-0.39, 0.29) is 0 Å². The van der Waals surface area contributed by atoms with E-state index in [1.807, 2.05) is 68.4 Å². The normalized spacial score (nSPS) is 10.6. The lowest BCUT2D eigenvalue weighted by Gasteiger charge is -2.06. The summed E-state index contributed by atoms with van der Waals surface area (Å²) in [5, 5.41) is 0. The zero-order valence-electron chi connectivity index (χ0n) is 12.2. The molecule has 0 fully saturated rings. The number of hydrogen-bond donors (Lipinski definition) is 0. The number of rotatable bonds is 4. The van der Waals surface area contributed by atoms with Gasteiger partial charge in [0.25, 0.3) is 0 Å². The first-order chi connectivity index (χ1) is 10.2. The van der Waals surface area contributed by atoms with Crippen molar-refractivity contribution in [3.05, 3.63) is 71.6 Å². The van der Waals surface area contributed by atoms with Crippen LogP contribution in [-0.4, -0.2) is 4.98 Å². The first-order valence-electron chi connectivity index (χ1n) is 6.93. The number of hydrogen-bond acceptors (Lipinski definition) is 3. The lowest BCUT2D eigenvalue weighted by molar-refractivity contribution is 0.306. The highest BCUT2D eigenvalue weighted by molar-refractivity contribution is 5.55. The predicted octanol–water partition coefficient (Wildman–Crippen LogP) is 4.54. The number of aromatic nitrogens is 1. The van der Waals surface area contributed by atoms with E-state index in [2.05, 4.69) is 4.98 Å². The average molecular weight is 279 g/mol. The summed E-state index contributed by atoms with van der Waals surface area (Å²) in [4.78, 5) is 4.40. The number of ether oxygens (including phenoxy) is 1. The van der Waals surface area contributed by atoms with E-state index in [1.54, 1.807) is 0 Å². The third kappa shape index (κ3) is 3.14. The quantitative estimate of drug-likeness (QED) is 0.703. The van der Waals surface area contributed by atoms with Crippen molar-refractivity contribution < 1.29 is 9.15 Å². The molecule has 3 aromatic rings. The molecule has 2 aromatic carbocycles. The first kappa shape index (κ1) is 13.4. The van der Waals surface area contributed by atoms with Crippen LogP contribution in [0.3, 0.4) is 0 Å². The maximum absolute atomic E-state index is 5.76. The zero-order valence-corrected chi connectivity index (χ0v) is 12.2. The van der Waals surface area contributed by atoms with Crippen molar-refractivity contribution in [2.45, 2.75) is 20.5 Å². The highest BCUT2D eigenvalue weighted by Crippen LogP contribution is 2.24. The van der Waals surface area contributed by atoms with E-state index < -0.39 is 0 Å². The molecule has 0 saturated heterocycles. The van der Waals surface area contributed by atoms with E-state index in [9.17, 15) is 0 Å². The van der Waals surface area contributed by atoms with E-state index in [0.29, 0.717) is 12.5 Å². The summed E-state index contributed by atoms with van der Waals surface area (Å²) in [6.07, 6.45) is 0. The fourth-order valence-corrected chi connectivity index (χ4v) is 2.03. The van der Waals surface area contributed by atoms with Gasteiger partial charge in [0.05, 0.1) is 5.69 Å². The van der Waals surface area contributed by atoms with Crippen LogP contribution in [0.25, 0.3) is 11.5 Å². The minimum atomic E-state index is 0.567. The molecule has 0 aliphatic rings. The van der Waals surface area contributed by atoms with Crippen LogP contribution in [0.1, 0.15) is 17.0 Å². The minimum Gasteiger partial charge on any atom is -0.489 e. The topological polar surface area (TPSA) is 35.3 Å². The van der Waals surface area contributed by atoms with Crippen molar-refractivity contribution >= 4 is 0 Å². The fraction of sp³-hybridized carbons (Fsp3) is 0.167. The summed E-state index contributed by atoms with van der Waals surface area (Å²) in [5.74, 6) is 2.34. The molecule has 0 unspecified atom stereocenters. The van der Waals surface area contributed by atoms with Gasteiger partial charge in [0, 0.05) is 5.56 Å². The first-order valence-corrected chi connectivity index (χ1v) is 6.93. The molecule has 21 heavy (non-hydrogen) atoms. The second kappa shape index (κ2) is 5.83. The second-order valence-corrected chi connectivity index (χ2v) is 4.96. The van der Waals surface area contributed by atoms with Crippen molar-refractivity contribution in [3.63, 3.8) is 0 Å². The zero-order chi connectivity index (χ0) is 14.7. The molecular formula is C18H17NO2. The van der Waals surface area contributed by atoms with Crippen molar-refractivity contribution in [2.75, 3.05) is 0 Å². The molecule has 3 nitrogen and oxygen atoms in total. The molecule has 3 rings (SSSR count). The van der Waals surface area contributed by atoms with Gasteiger partial charge in [0.2, 0.25) is 5.89 Å². The molecule has 3 heteroatoms. The summed E-state index contributed by atoms with van der Waals surface area (Å²) in [7, 11) is 0. The minimum absolute atomic E-state index is 0.567. The van der Waals surface area contributed by atoms with Gasteiger partial charge in [-0.2, -0.15) is 0 Å². The Morgan fingerprint density at radius 2 is 1.67 bits per heavy atom. The maximum Gasteiger partial charge on any atom is 0.226 e. The molecule has 0 spiro atoms. The monoisotopic (exact) mass is 279 g/mol. The smallest absolute Gasteiger partial charge is 0.226 e. The molecular weight excluding hydrogens is 262 g/mol. The van der Waals surface area contributed by atoms with Crippen LogP contribution in [0, 0.1) is 13.8 Å². The Balaban J connectivity index is 1.69. The summed E-state index contributed by atoms with van der Waals surface area (Å²) < 4.78 is 11.4. The van der Waals surface area contributed by atoms with Gasteiger partial charge < -0.3 is 9.15 Å². The molecule has 0 bridgehead atoms. The maximum atomic E-state index is 5.76. The number of aryl methyl sites for hydroxylation is 2. The predicted molar refractivity (Wildman–Crippen MR) is 82.2 cm³/mol. The van der Waals surface area contributed by atoms with Crippen LogP contribution in [0.5, 0.6) is 5.75 Å². The Morgan fingerprint density at radius 1 is 0.952 bits per heavy atom. The number of benzene rings is 2. The van der Waals surface area contributed by atoms with Crippen LogP contribution >= 0.6 is 0 Å². The van der Waals surface area contributed by atoms with Crippen LogP contribution in [0.15, 0.2) is 59.0 Å². The summed E-state index contributed by atoms with van der Waals surface area (Å²) in [5.41, 5.74) is 3.04. The molecule has 0 radical (unpaired) electrons. The Kier molecular flexibility index (Phi) is 3.73. The average Bonchev–Trinajstić information content (AvgIpc) is 2.86. The third-order valence-corrected chi connectivity index (χ3v) is 3.38. The molecule has 0 atom stereocenters.